The summed E-state index contributed by atoms with van der Waals surface area (Å²) in [7, 11) is 1.59. The van der Waals surface area contributed by atoms with Crippen LogP contribution in [-0.4, -0.2) is 18.6 Å². The van der Waals surface area contributed by atoms with E-state index in [9.17, 15) is 4.79 Å². The van der Waals surface area contributed by atoms with Crippen LogP contribution in [0.5, 0.6) is 5.75 Å². The van der Waals surface area contributed by atoms with Gasteiger partial charge in [-0.25, -0.2) is 0 Å². The van der Waals surface area contributed by atoms with Gasteiger partial charge in [-0.3, -0.25) is 4.79 Å². The van der Waals surface area contributed by atoms with Gasteiger partial charge in [0.1, 0.15) is 5.75 Å². The molecule has 0 saturated carbocycles. The zero-order valence-corrected chi connectivity index (χ0v) is 12.3. The third-order valence-electron chi connectivity index (χ3n) is 2.43. The standard InChI is InChI=1S/C14H20ClNO2/c1-9-6-12(18-5)10(7-11(9)15)8-13(17)16-14(2,3)4/h6-7H,8H2,1-5H3,(H,16,17). The van der Waals surface area contributed by atoms with Crippen LogP contribution >= 0.6 is 11.6 Å². The summed E-state index contributed by atoms with van der Waals surface area (Å²) < 4.78 is 5.27. The molecule has 1 N–H and O–H groups in total. The van der Waals surface area contributed by atoms with Crippen molar-refractivity contribution in [3.63, 3.8) is 0 Å². The summed E-state index contributed by atoms with van der Waals surface area (Å²) in [6.45, 7) is 7.75. The average molecular weight is 270 g/mol. The molecule has 1 aromatic carbocycles. The lowest BCUT2D eigenvalue weighted by molar-refractivity contribution is -0.121. The summed E-state index contributed by atoms with van der Waals surface area (Å²) in [5.74, 6) is 0.654. The van der Waals surface area contributed by atoms with Crippen molar-refractivity contribution in [2.24, 2.45) is 0 Å². The normalized spacial score (nSPS) is 11.2. The van der Waals surface area contributed by atoms with E-state index < -0.39 is 0 Å². The van der Waals surface area contributed by atoms with Crippen molar-refractivity contribution in [3.05, 3.63) is 28.3 Å². The molecule has 0 atom stereocenters. The lowest BCUT2D eigenvalue weighted by atomic mass is 10.1. The summed E-state index contributed by atoms with van der Waals surface area (Å²) >= 11 is 6.07. The highest BCUT2D eigenvalue weighted by Crippen LogP contribution is 2.27. The monoisotopic (exact) mass is 269 g/mol. The lowest BCUT2D eigenvalue weighted by Gasteiger charge is -2.21. The van der Waals surface area contributed by atoms with Gasteiger partial charge in [0.05, 0.1) is 13.5 Å². The van der Waals surface area contributed by atoms with Gasteiger partial charge >= 0.3 is 0 Å². The second-order valence-electron chi connectivity index (χ2n) is 5.39. The number of carbonyl (C=O) groups is 1. The molecule has 18 heavy (non-hydrogen) atoms. The molecule has 0 heterocycles. The van der Waals surface area contributed by atoms with E-state index in [1.807, 2.05) is 33.8 Å². The average Bonchev–Trinajstić information content (AvgIpc) is 2.20. The minimum atomic E-state index is -0.237. The Morgan fingerprint density at radius 1 is 1.39 bits per heavy atom. The number of benzene rings is 1. The third-order valence-corrected chi connectivity index (χ3v) is 2.83. The molecule has 0 unspecified atom stereocenters. The highest BCUT2D eigenvalue weighted by atomic mass is 35.5. The maximum atomic E-state index is 11.9. The van der Waals surface area contributed by atoms with Crippen molar-refractivity contribution in [3.8, 4) is 5.75 Å². The summed E-state index contributed by atoms with van der Waals surface area (Å²) in [5, 5.41) is 3.56. The highest BCUT2D eigenvalue weighted by Gasteiger charge is 2.16. The molecule has 1 aromatic rings. The number of rotatable bonds is 3. The Bertz CT molecular complexity index is 450. The van der Waals surface area contributed by atoms with E-state index in [-0.39, 0.29) is 17.9 Å². The molecule has 0 spiro atoms. The van der Waals surface area contributed by atoms with Crippen molar-refractivity contribution in [2.45, 2.75) is 39.7 Å². The molecular weight excluding hydrogens is 250 g/mol. The summed E-state index contributed by atoms with van der Waals surface area (Å²) in [6, 6.07) is 3.64. The van der Waals surface area contributed by atoms with Crippen molar-refractivity contribution < 1.29 is 9.53 Å². The van der Waals surface area contributed by atoms with Gasteiger partial charge in [0, 0.05) is 16.1 Å². The van der Waals surface area contributed by atoms with Gasteiger partial charge in [-0.2, -0.15) is 0 Å². The number of nitrogens with one attached hydrogen (secondary N) is 1. The van der Waals surface area contributed by atoms with Crippen molar-refractivity contribution in [1.82, 2.24) is 5.32 Å². The topological polar surface area (TPSA) is 38.3 Å². The zero-order valence-electron chi connectivity index (χ0n) is 11.6. The second kappa shape index (κ2) is 5.61. The fourth-order valence-electron chi connectivity index (χ4n) is 1.66. The molecule has 0 fully saturated rings. The Hall–Kier alpha value is -1.22. The van der Waals surface area contributed by atoms with E-state index in [0.717, 1.165) is 11.1 Å². The van der Waals surface area contributed by atoms with Gasteiger partial charge in [0.25, 0.3) is 0 Å². The van der Waals surface area contributed by atoms with Crippen LogP contribution < -0.4 is 10.1 Å². The van der Waals surface area contributed by atoms with Crippen molar-refractivity contribution in [1.29, 1.82) is 0 Å². The summed E-state index contributed by atoms with van der Waals surface area (Å²) in [6.07, 6.45) is 0.264. The minimum Gasteiger partial charge on any atom is -0.496 e. The Kier molecular flexibility index (Phi) is 4.63. The zero-order chi connectivity index (χ0) is 13.9. The van der Waals surface area contributed by atoms with E-state index in [0.29, 0.717) is 10.8 Å². The quantitative estimate of drug-likeness (QED) is 0.916. The minimum absolute atomic E-state index is 0.0410. The van der Waals surface area contributed by atoms with Gasteiger partial charge < -0.3 is 10.1 Å². The van der Waals surface area contributed by atoms with Gasteiger partial charge in [0.15, 0.2) is 0 Å². The Morgan fingerprint density at radius 3 is 2.50 bits per heavy atom. The molecule has 100 valence electrons. The first-order valence-electron chi connectivity index (χ1n) is 5.87. The van der Waals surface area contributed by atoms with Gasteiger partial charge in [-0.1, -0.05) is 11.6 Å². The molecule has 4 heteroatoms. The van der Waals surface area contributed by atoms with E-state index in [1.165, 1.54) is 0 Å². The van der Waals surface area contributed by atoms with Crippen molar-refractivity contribution in [2.75, 3.05) is 7.11 Å². The number of aryl methyl sites for hydroxylation is 1. The Balaban J connectivity index is 2.90. The number of amides is 1. The van der Waals surface area contributed by atoms with Gasteiger partial charge in [0.2, 0.25) is 5.91 Å². The number of ether oxygens (including phenoxy) is 1. The maximum Gasteiger partial charge on any atom is 0.224 e. The van der Waals surface area contributed by atoms with Crippen LogP contribution in [0.2, 0.25) is 5.02 Å². The van der Waals surface area contributed by atoms with E-state index in [1.54, 1.807) is 13.2 Å². The van der Waals surface area contributed by atoms with E-state index in [4.69, 9.17) is 16.3 Å². The number of halogens is 1. The van der Waals surface area contributed by atoms with Crippen LogP contribution in [0.1, 0.15) is 31.9 Å². The summed E-state index contributed by atoms with van der Waals surface area (Å²) in [4.78, 5) is 11.9. The fraction of sp³-hybridized carbons (Fsp3) is 0.500. The van der Waals surface area contributed by atoms with Crippen LogP contribution in [-0.2, 0) is 11.2 Å². The molecule has 0 radical (unpaired) electrons. The van der Waals surface area contributed by atoms with Crippen LogP contribution in [0, 0.1) is 6.92 Å². The SMILES string of the molecule is COc1cc(C)c(Cl)cc1CC(=O)NC(C)(C)C. The molecule has 0 aliphatic rings. The number of hydrogen-bond donors (Lipinski definition) is 1. The van der Waals surface area contributed by atoms with Gasteiger partial charge in [-0.05, 0) is 45.4 Å². The number of hydrogen-bond acceptors (Lipinski definition) is 2. The van der Waals surface area contributed by atoms with Crippen molar-refractivity contribution >= 4 is 17.5 Å². The first-order valence-corrected chi connectivity index (χ1v) is 6.25. The molecule has 0 aliphatic heterocycles. The molecule has 0 bridgehead atoms. The van der Waals surface area contributed by atoms with Crippen LogP contribution in [0.4, 0.5) is 0 Å². The molecule has 1 rings (SSSR count). The number of carbonyl (C=O) groups excluding carboxylic acids is 1. The third kappa shape index (κ3) is 4.22. The van der Waals surface area contributed by atoms with E-state index in [2.05, 4.69) is 5.32 Å². The molecule has 0 aliphatic carbocycles. The highest BCUT2D eigenvalue weighted by molar-refractivity contribution is 6.31. The number of methoxy groups -OCH3 is 1. The molecule has 1 amide bonds. The maximum absolute atomic E-state index is 11.9. The largest absolute Gasteiger partial charge is 0.496 e. The smallest absolute Gasteiger partial charge is 0.224 e. The van der Waals surface area contributed by atoms with Crippen LogP contribution in [0.25, 0.3) is 0 Å². The predicted molar refractivity (Wildman–Crippen MR) is 74.3 cm³/mol. The molecular formula is C14H20ClNO2. The fourth-order valence-corrected chi connectivity index (χ4v) is 1.85. The van der Waals surface area contributed by atoms with E-state index >= 15 is 0 Å². The first-order chi connectivity index (χ1) is 8.23. The first kappa shape index (κ1) is 14.8. The van der Waals surface area contributed by atoms with Gasteiger partial charge in [-0.15, -0.1) is 0 Å². The Labute approximate surface area is 113 Å². The molecule has 0 aromatic heterocycles. The Morgan fingerprint density at radius 2 is 2.00 bits per heavy atom. The predicted octanol–water partition coefficient (Wildman–Crippen LogP) is 3.11. The lowest BCUT2D eigenvalue weighted by Crippen LogP contribution is -2.41. The second-order valence-corrected chi connectivity index (χ2v) is 5.80. The summed E-state index contributed by atoms with van der Waals surface area (Å²) in [5.41, 5.74) is 1.50. The van der Waals surface area contributed by atoms with Crippen LogP contribution in [0.3, 0.4) is 0 Å². The van der Waals surface area contributed by atoms with Crippen LogP contribution in [0.15, 0.2) is 12.1 Å². The molecule has 0 saturated heterocycles. The molecule has 3 nitrogen and oxygen atoms in total.